The summed E-state index contributed by atoms with van der Waals surface area (Å²) in [5.41, 5.74) is 0.332. The lowest BCUT2D eigenvalue weighted by atomic mass is 10.2. The second-order valence-electron chi connectivity index (χ2n) is 6.02. The number of ether oxygens (including phenoxy) is 1. The van der Waals surface area contributed by atoms with Gasteiger partial charge in [0, 0.05) is 42.8 Å². The Bertz CT molecular complexity index is 864. The van der Waals surface area contributed by atoms with Crippen molar-refractivity contribution in [2.75, 3.05) is 33.3 Å². The third-order valence-electron chi connectivity index (χ3n) is 4.37. The first kappa shape index (κ1) is 19.4. The van der Waals surface area contributed by atoms with Crippen LogP contribution in [0, 0.1) is 10.1 Å². The summed E-state index contributed by atoms with van der Waals surface area (Å²) in [7, 11) is 1.26. The standard InChI is InChI=1S/C16H17Cl2N5O4/c1-27-15-14(23(25)26)13(19-20-15)16(24)22-6-4-21(5-7-22)9-10-2-3-11(17)8-12(10)18/h2-3,8H,4-7,9H2,1H3,(H,19,20). The molecule has 1 N–H and O–H groups in total. The maximum Gasteiger partial charge on any atom is 0.362 e. The molecule has 1 amide bonds. The number of benzene rings is 1. The molecule has 1 aromatic heterocycles. The number of nitrogens with one attached hydrogen (secondary N) is 1. The highest BCUT2D eigenvalue weighted by Gasteiger charge is 2.33. The fourth-order valence-corrected chi connectivity index (χ4v) is 3.41. The molecule has 2 heterocycles. The van der Waals surface area contributed by atoms with Gasteiger partial charge in [-0.15, -0.1) is 5.10 Å². The van der Waals surface area contributed by atoms with Crippen molar-refractivity contribution in [1.29, 1.82) is 0 Å². The van der Waals surface area contributed by atoms with E-state index in [1.165, 1.54) is 7.11 Å². The van der Waals surface area contributed by atoms with E-state index in [-0.39, 0.29) is 11.6 Å². The fraction of sp³-hybridized carbons (Fsp3) is 0.375. The van der Waals surface area contributed by atoms with E-state index in [4.69, 9.17) is 27.9 Å². The number of hydrogen-bond donors (Lipinski definition) is 1. The molecule has 0 saturated carbocycles. The van der Waals surface area contributed by atoms with Crippen molar-refractivity contribution < 1.29 is 14.5 Å². The quantitative estimate of drug-likeness (QED) is 0.596. The predicted molar refractivity (Wildman–Crippen MR) is 99.4 cm³/mol. The summed E-state index contributed by atoms with van der Waals surface area (Å²) in [5, 5.41) is 18.5. The van der Waals surface area contributed by atoms with E-state index in [1.54, 1.807) is 17.0 Å². The van der Waals surface area contributed by atoms with Crippen molar-refractivity contribution in [3.05, 3.63) is 49.6 Å². The molecule has 2 aromatic rings. The number of carbonyl (C=O) groups is 1. The van der Waals surface area contributed by atoms with Crippen molar-refractivity contribution in [2.24, 2.45) is 0 Å². The van der Waals surface area contributed by atoms with E-state index in [9.17, 15) is 14.9 Å². The molecule has 1 aliphatic rings. The van der Waals surface area contributed by atoms with Crippen LogP contribution in [-0.2, 0) is 6.54 Å². The minimum Gasteiger partial charge on any atom is -0.475 e. The smallest absolute Gasteiger partial charge is 0.362 e. The largest absolute Gasteiger partial charge is 0.475 e. The Morgan fingerprint density at radius 3 is 2.63 bits per heavy atom. The van der Waals surface area contributed by atoms with Crippen LogP contribution in [0.1, 0.15) is 16.1 Å². The number of hydrogen-bond acceptors (Lipinski definition) is 6. The second-order valence-corrected chi connectivity index (χ2v) is 6.86. The number of carbonyl (C=O) groups excluding carboxylic acids is 1. The average Bonchev–Trinajstić information content (AvgIpc) is 3.08. The summed E-state index contributed by atoms with van der Waals surface area (Å²) in [6.07, 6.45) is 0. The highest BCUT2D eigenvalue weighted by Crippen LogP contribution is 2.29. The Hall–Kier alpha value is -2.36. The van der Waals surface area contributed by atoms with Crippen LogP contribution in [-0.4, -0.2) is 64.1 Å². The lowest BCUT2D eigenvalue weighted by molar-refractivity contribution is -0.386. The Labute approximate surface area is 164 Å². The van der Waals surface area contributed by atoms with Gasteiger partial charge in [0.1, 0.15) is 0 Å². The van der Waals surface area contributed by atoms with Crippen LogP contribution in [0.15, 0.2) is 18.2 Å². The SMILES string of the molecule is COc1n[nH]c(C(=O)N2CCN(Cc3ccc(Cl)cc3Cl)CC2)c1[N+](=O)[O-]. The van der Waals surface area contributed by atoms with E-state index in [1.807, 2.05) is 6.07 Å². The molecular weight excluding hydrogens is 397 g/mol. The van der Waals surface area contributed by atoms with Gasteiger partial charge in [0.2, 0.25) is 5.69 Å². The van der Waals surface area contributed by atoms with Crippen LogP contribution < -0.4 is 4.74 Å². The first-order chi connectivity index (χ1) is 12.9. The molecule has 1 aliphatic heterocycles. The number of aromatic nitrogens is 2. The molecular formula is C16H17Cl2N5O4. The number of H-pyrrole nitrogens is 1. The van der Waals surface area contributed by atoms with Gasteiger partial charge in [-0.25, -0.2) is 0 Å². The van der Waals surface area contributed by atoms with Crippen LogP contribution in [0.3, 0.4) is 0 Å². The molecule has 1 fully saturated rings. The van der Waals surface area contributed by atoms with Gasteiger partial charge >= 0.3 is 11.6 Å². The van der Waals surface area contributed by atoms with Gasteiger partial charge in [-0.2, -0.15) is 0 Å². The molecule has 3 rings (SSSR count). The highest BCUT2D eigenvalue weighted by molar-refractivity contribution is 6.35. The molecule has 1 saturated heterocycles. The van der Waals surface area contributed by atoms with Crippen LogP contribution in [0.4, 0.5) is 5.69 Å². The summed E-state index contributed by atoms with van der Waals surface area (Å²) in [6, 6.07) is 5.36. The maximum atomic E-state index is 12.7. The van der Waals surface area contributed by atoms with E-state index in [0.29, 0.717) is 42.8 Å². The minimum absolute atomic E-state index is 0.175. The summed E-state index contributed by atoms with van der Waals surface area (Å²) in [6.45, 7) is 2.73. The van der Waals surface area contributed by atoms with Gasteiger partial charge in [0.25, 0.3) is 5.91 Å². The zero-order chi connectivity index (χ0) is 19.6. The Kier molecular flexibility index (Phi) is 5.83. The molecule has 1 aromatic carbocycles. The normalized spacial score (nSPS) is 15.0. The number of nitrogens with zero attached hydrogens (tertiary/aromatic N) is 4. The van der Waals surface area contributed by atoms with Gasteiger partial charge < -0.3 is 9.64 Å². The molecule has 0 spiro atoms. The average molecular weight is 414 g/mol. The molecule has 0 aliphatic carbocycles. The van der Waals surface area contributed by atoms with Gasteiger partial charge in [-0.05, 0) is 17.7 Å². The van der Waals surface area contributed by atoms with E-state index >= 15 is 0 Å². The van der Waals surface area contributed by atoms with Crippen LogP contribution in [0.2, 0.25) is 10.0 Å². The molecule has 9 nitrogen and oxygen atoms in total. The summed E-state index contributed by atoms with van der Waals surface area (Å²) in [5.74, 6) is -0.680. The fourth-order valence-electron chi connectivity index (χ4n) is 2.94. The number of halogens is 2. The Morgan fingerprint density at radius 2 is 2.04 bits per heavy atom. The number of aromatic amines is 1. The van der Waals surface area contributed by atoms with Crippen molar-refractivity contribution in [1.82, 2.24) is 20.0 Å². The number of rotatable bonds is 5. The second kappa shape index (κ2) is 8.12. The number of nitro groups is 1. The summed E-state index contributed by atoms with van der Waals surface area (Å²) in [4.78, 5) is 26.9. The first-order valence-electron chi connectivity index (χ1n) is 8.13. The zero-order valence-corrected chi connectivity index (χ0v) is 16.0. The number of piperazine rings is 1. The van der Waals surface area contributed by atoms with Gasteiger partial charge in [-0.3, -0.25) is 24.9 Å². The minimum atomic E-state index is -0.672. The maximum absolute atomic E-state index is 12.7. The zero-order valence-electron chi connectivity index (χ0n) is 14.4. The molecule has 0 atom stereocenters. The Morgan fingerprint density at radius 1 is 1.33 bits per heavy atom. The van der Waals surface area contributed by atoms with E-state index < -0.39 is 16.5 Å². The van der Waals surface area contributed by atoms with Crippen molar-refractivity contribution in [3.8, 4) is 5.88 Å². The third-order valence-corrected chi connectivity index (χ3v) is 4.95. The van der Waals surface area contributed by atoms with Crippen molar-refractivity contribution >= 4 is 34.8 Å². The lowest BCUT2D eigenvalue weighted by Gasteiger charge is -2.34. The van der Waals surface area contributed by atoms with Crippen LogP contribution in [0.25, 0.3) is 0 Å². The van der Waals surface area contributed by atoms with E-state index in [0.717, 1.165) is 5.56 Å². The molecule has 11 heteroatoms. The summed E-state index contributed by atoms with van der Waals surface area (Å²) < 4.78 is 4.84. The number of methoxy groups -OCH3 is 1. The predicted octanol–water partition coefficient (Wildman–Crippen LogP) is 2.59. The molecule has 0 bridgehead atoms. The highest BCUT2D eigenvalue weighted by atomic mass is 35.5. The van der Waals surface area contributed by atoms with Crippen LogP contribution in [0.5, 0.6) is 5.88 Å². The first-order valence-corrected chi connectivity index (χ1v) is 8.88. The van der Waals surface area contributed by atoms with Gasteiger partial charge in [-0.1, -0.05) is 29.3 Å². The third kappa shape index (κ3) is 4.15. The monoisotopic (exact) mass is 413 g/mol. The molecule has 144 valence electrons. The van der Waals surface area contributed by atoms with Crippen LogP contribution >= 0.6 is 23.2 Å². The molecule has 0 radical (unpaired) electrons. The number of amides is 1. The van der Waals surface area contributed by atoms with E-state index in [2.05, 4.69) is 15.1 Å². The molecule has 0 unspecified atom stereocenters. The van der Waals surface area contributed by atoms with Gasteiger partial charge in [0.05, 0.1) is 12.0 Å². The Balaban J connectivity index is 1.65. The van der Waals surface area contributed by atoms with Crippen molar-refractivity contribution in [3.63, 3.8) is 0 Å². The summed E-state index contributed by atoms with van der Waals surface area (Å²) >= 11 is 12.1. The molecule has 27 heavy (non-hydrogen) atoms. The van der Waals surface area contributed by atoms with Crippen molar-refractivity contribution in [2.45, 2.75) is 6.54 Å². The topological polar surface area (TPSA) is 105 Å². The lowest BCUT2D eigenvalue weighted by Crippen LogP contribution is -2.48. The van der Waals surface area contributed by atoms with Gasteiger partial charge in [0.15, 0.2) is 0 Å².